The summed E-state index contributed by atoms with van der Waals surface area (Å²) >= 11 is 0. The second-order valence-electron chi connectivity index (χ2n) is 20.4. The summed E-state index contributed by atoms with van der Waals surface area (Å²) in [7, 11) is 0. The monoisotopic (exact) mass is 1020 g/mol. The van der Waals surface area contributed by atoms with Crippen LogP contribution in [-0.4, -0.2) is 34.9 Å². The molecular formula is C70H117NO3. The average molecular weight is 1020 g/mol. The molecule has 4 heteroatoms. The summed E-state index contributed by atoms with van der Waals surface area (Å²) in [6.07, 6.45) is 100. The number of aliphatic hydroxyl groups is 2. The van der Waals surface area contributed by atoms with Crippen molar-refractivity contribution in [3.05, 3.63) is 146 Å². The van der Waals surface area contributed by atoms with Crippen LogP contribution in [0.15, 0.2) is 146 Å². The Kier molecular flexibility index (Phi) is 60.4. The van der Waals surface area contributed by atoms with Crippen LogP contribution in [0.5, 0.6) is 0 Å². The van der Waals surface area contributed by atoms with E-state index in [0.29, 0.717) is 6.42 Å². The van der Waals surface area contributed by atoms with E-state index in [-0.39, 0.29) is 12.5 Å². The lowest BCUT2D eigenvalue weighted by Gasteiger charge is -2.19. The molecule has 0 aliphatic heterocycles. The second-order valence-corrected chi connectivity index (χ2v) is 20.4. The smallest absolute Gasteiger partial charge is 0.220 e. The molecule has 74 heavy (non-hydrogen) atoms. The van der Waals surface area contributed by atoms with Crippen molar-refractivity contribution in [3.8, 4) is 0 Å². The van der Waals surface area contributed by atoms with Crippen LogP contribution < -0.4 is 5.32 Å². The summed E-state index contributed by atoms with van der Waals surface area (Å²) in [5, 5.41) is 23.1. The van der Waals surface area contributed by atoms with Crippen LogP contribution in [0.1, 0.15) is 271 Å². The predicted molar refractivity (Wildman–Crippen MR) is 331 cm³/mol. The fourth-order valence-electron chi connectivity index (χ4n) is 8.62. The Balaban J connectivity index is 3.69. The van der Waals surface area contributed by atoms with Gasteiger partial charge in [-0.3, -0.25) is 4.79 Å². The molecule has 1 amide bonds. The molecule has 0 aliphatic rings. The number of nitrogens with one attached hydrogen (secondary N) is 1. The van der Waals surface area contributed by atoms with Gasteiger partial charge < -0.3 is 15.5 Å². The molecule has 0 aromatic heterocycles. The number of allylic oxidation sites excluding steroid dienone is 23. The molecule has 0 saturated carbocycles. The maximum absolute atomic E-state index is 12.5. The maximum Gasteiger partial charge on any atom is 0.220 e. The first-order chi connectivity index (χ1) is 36.7. The van der Waals surface area contributed by atoms with Gasteiger partial charge in [0.15, 0.2) is 0 Å². The fraction of sp³-hybridized carbons (Fsp3) is 0.643. The Morgan fingerprint density at radius 3 is 0.946 bits per heavy atom. The van der Waals surface area contributed by atoms with Crippen molar-refractivity contribution in [1.29, 1.82) is 0 Å². The summed E-state index contributed by atoms with van der Waals surface area (Å²) in [5.41, 5.74) is 0. The van der Waals surface area contributed by atoms with Crippen LogP contribution in [0.2, 0.25) is 0 Å². The van der Waals surface area contributed by atoms with Crippen molar-refractivity contribution in [2.75, 3.05) is 6.61 Å². The lowest BCUT2D eigenvalue weighted by Crippen LogP contribution is -2.45. The SMILES string of the molecule is CC/C=C\C/C=C\C/C=C\C/C=C\C/C=C\C/C=C\C/C=C\C/C=C\C/C=C\CCCC(=O)NC(CO)C(O)/C=C/CC/C=C/CC/C=C/CCCCCCCCCCCCCCCCCCCCCCCCC. The summed E-state index contributed by atoms with van der Waals surface area (Å²) in [6.45, 7) is 4.16. The van der Waals surface area contributed by atoms with E-state index in [2.05, 4.69) is 153 Å². The molecular weight excluding hydrogens is 903 g/mol. The number of aliphatic hydroxyl groups excluding tert-OH is 2. The number of hydrogen-bond acceptors (Lipinski definition) is 3. The van der Waals surface area contributed by atoms with Gasteiger partial charge in [-0.2, -0.15) is 0 Å². The predicted octanol–water partition coefficient (Wildman–Crippen LogP) is 21.1. The normalized spacial score (nSPS) is 13.8. The van der Waals surface area contributed by atoms with Crippen molar-refractivity contribution in [1.82, 2.24) is 5.32 Å². The van der Waals surface area contributed by atoms with Gasteiger partial charge in [-0.15, -0.1) is 0 Å². The Bertz CT molecular complexity index is 1530. The van der Waals surface area contributed by atoms with Crippen molar-refractivity contribution < 1.29 is 15.0 Å². The van der Waals surface area contributed by atoms with Gasteiger partial charge in [0.2, 0.25) is 5.91 Å². The molecule has 3 N–H and O–H groups in total. The van der Waals surface area contributed by atoms with Crippen LogP contribution in [0.3, 0.4) is 0 Å². The van der Waals surface area contributed by atoms with Gasteiger partial charge in [0, 0.05) is 6.42 Å². The minimum Gasteiger partial charge on any atom is -0.394 e. The molecule has 0 rings (SSSR count). The quantitative estimate of drug-likeness (QED) is 0.0420. The summed E-state index contributed by atoms with van der Waals surface area (Å²) in [4.78, 5) is 12.5. The third-order valence-corrected chi connectivity index (χ3v) is 13.3. The summed E-state index contributed by atoms with van der Waals surface area (Å²) in [5.74, 6) is -0.140. The van der Waals surface area contributed by atoms with Gasteiger partial charge >= 0.3 is 0 Å². The number of unbranched alkanes of at least 4 members (excludes halogenated alkanes) is 26. The fourth-order valence-corrected chi connectivity index (χ4v) is 8.62. The molecule has 0 bridgehead atoms. The highest BCUT2D eigenvalue weighted by Crippen LogP contribution is 2.16. The van der Waals surface area contributed by atoms with E-state index in [1.807, 2.05) is 6.08 Å². The zero-order valence-electron chi connectivity index (χ0n) is 48.3. The molecule has 0 aromatic carbocycles. The van der Waals surface area contributed by atoms with Gasteiger partial charge in [-0.1, -0.05) is 301 Å². The lowest BCUT2D eigenvalue weighted by atomic mass is 10.0. The number of amides is 1. The van der Waals surface area contributed by atoms with Crippen LogP contribution in [0.4, 0.5) is 0 Å². The second kappa shape index (κ2) is 63.6. The van der Waals surface area contributed by atoms with Crippen LogP contribution in [0.25, 0.3) is 0 Å². The zero-order chi connectivity index (χ0) is 53.4. The minimum atomic E-state index is -0.908. The molecule has 0 aromatic rings. The van der Waals surface area contributed by atoms with Crippen molar-refractivity contribution in [3.63, 3.8) is 0 Å². The molecule has 420 valence electrons. The van der Waals surface area contributed by atoms with E-state index >= 15 is 0 Å². The lowest BCUT2D eigenvalue weighted by molar-refractivity contribution is -0.122. The van der Waals surface area contributed by atoms with Crippen LogP contribution in [0, 0.1) is 0 Å². The topological polar surface area (TPSA) is 69.6 Å². The highest BCUT2D eigenvalue weighted by Gasteiger charge is 2.17. The van der Waals surface area contributed by atoms with Crippen molar-refractivity contribution >= 4 is 5.91 Å². The van der Waals surface area contributed by atoms with Crippen LogP contribution in [-0.2, 0) is 4.79 Å². The van der Waals surface area contributed by atoms with Gasteiger partial charge in [-0.05, 0) is 109 Å². The van der Waals surface area contributed by atoms with E-state index in [4.69, 9.17) is 0 Å². The van der Waals surface area contributed by atoms with Crippen LogP contribution >= 0.6 is 0 Å². The Hall–Kier alpha value is -3.73. The van der Waals surface area contributed by atoms with E-state index in [1.54, 1.807) is 6.08 Å². The van der Waals surface area contributed by atoms with E-state index in [0.717, 1.165) is 96.3 Å². The molecule has 0 spiro atoms. The molecule has 4 nitrogen and oxygen atoms in total. The third-order valence-electron chi connectivity index (χ3n) is 13.3. The van der Waals surface area contributed by atoms with Gasteiger partial charge in [-0.25, -0.2) is 0 Å². The Morgan fingerprint density at radius 1 is 0.338 bits per heavy atom. The van der Waals surface area contributed by atoms with Crippen molar-refractivity contribution in [2.24, 2.45) is 0 Å². The van der Waals surface area contributed by atoms with Crippen molar-refractivity contribution in [2.45, 2.75) is 283 Å². The summed E-state index contributed by atoms with van der Waals surface area (Å²) < 4.78 is 0. The zero-order valence-corrected chi connectivity index (χ0v) is 48.3. The minimum absolute atomic E-state index is 0.140. The maximum atomic E-state index is 12.5. The van der Waals surface area contributed by atoms with E-state index in [9.17, 15) is 15.0 Å². The number of hydrogen-bond donors (Lipinski definition) is 3. The molecule has 0 aliphatic carbocycles. The first-order valence-electron chi connectivity index (χ1n) is 31.0. The molecule has 2 atom stereocenters. The highest BCUT2D eigenvalue weighted by molar-refractivity contribution is 5.76. The Labute approximate surface area is 459 Å². The first kappa shape index (κ1) is 70.3. The van der Waals surface area contributed by atoms with E-state index < -0.39 is 12.1 Å². The molecule has 0 fully saturated rings. The highest BCUT2D eigenvalue weighted by atomic mass is 16.3. The van der Waals surface area contributed by atoms with Gasteiger partial charge in [0.05, 0.1) is 18.8 Å². The van der Waals surface area contributed by atoms with E-state index in [1.165, 1.54) is 154 Å². The molecule has 0 radical (unpaired) electrons. The summed E-state index contributed by atoms with van der Waals surface area (Å²) in [6, 6.07) is -0.690. The van der Waals surface area contributed by atoms with Gasteiger partial charge in [0.1, 0.15) is 0 Å². The number of rotatable bonds is 55. The standard InChI is InChI=1S/C70H117NO3/c1-3-5-7-9-11-13-15-17-19-21-23-25-27-29-31-33-34-35-36-38-39-41-43-45-47-49-51-53-55-57-59-61-63-65-69(73)68(67-72)71-70(74)66-64-62-60-58-56-54-52-50-48-46-44-42-40-37-32-30-28-26-24-22-20-18-16-14-12-10-8-6-4-2/h6,8,12,14,18,20,24,26,30,32,40,42,46-49,52,54-55,57-58,60,63,65,68-69,72-73H,3-5,7,9-11,13,15-17,19,21-23,25,27-29,31,33-39,41,43-45,50-51,53,56,59,61-62,64,66-67H2,1-2H3,(H,71,74)/b8-6-,14-12-,20-18-,26-24-,32-30-,42-40-,48-46-,49-47+,54-52-,57-55+,60-58-,65-63+. The first-order valence-corrected chi connectivity index (χ1v) is 31.0. The molecule has 2 unspecified atom stereocenters. The van der Waals surface area contributed by atoms with Gasteiger partial charge in [0.25, 0.3) is 0 Å². The number of carbonyl (C=O) groups excluding carboxylic acids is 1. The average Bonchev–Trinajstić information content (AvgIpc) is 3.40. The molecule has 0 saturated heterocycles. The largest absolute Gasteiger partial charge is 0.394 e. The number of carbonyl (C=O) groups is 1. The third kappa shape index (κ3) is 59.2. The molecule has 0 heterocycles. The Morgan fingerprint density at radius 2 is 0.608 bits per heavy atom.